The summed E-state index contributed by atoms with van der Waals surface area (Å²) in [5, 5.41) is 3.90. The summed E-state index contributed by atoms with van der Waals surface area (Å²) >= 11 is 6.71. The standard InChI is InChI=1S/C18H15Br2FN2O4/c1-26-17(25)10-27-18-14(19)6-12(7-15(18)20)9-22-23-16(24)8-11-2-4-13(21)5-3-11/h2-7,9H,8,10H2,1H3,(H,23,24)/b22-9+. The van der Waals surface area contributed by atoms with Gasteiger partial charge in [-0.3, -0.25) is 4.79 Å². The molecule has 0 fully saturated rings. The largest absolute Gasteiger partial charge is 0.480 e. The van der Waals surface area contributed by atoms with Crippen molar-refractivity contribution in [3.05, 3.63) is 62.3 Å². The van der Waals surface area contributed by atoms with E-state index in [9.17, 15) is 14.0 Å². The number of hydrazone groups is 1. The third kappa shape index (κ3) is 6.76. The number of esters is 1. The van der Waals surface area contributed by atoms with Crippen LogP contribution >= 0.6 is 31.9 Å². The summed E-state index contributed by atoms with van der Waals surface area (Å²) < 4.78 is 24.0. The second-order valence-corrected chi connectivity index (χ2v) is 6.98. The molecule has 0 saturated heterocycles. The fourth-order valence-electron chi connectivity index (χ4n) is 1.99. The first kappa shape index (κ1) is 21.0. The summed E-state index contributed by atoms with van der Waals surface area (Å²) in [5.74, 6) is -0.734. The van der Waals surface area contributed by atoms with E-state index in [2.05, 4.69) is 47.1 Å². The molecule has 1 amide bonds. The van der Waals surface area contributed by atoms with Gasteiger partial charge in [-0.1, -0.05) is 12.1 Å². The number of halogens is 3. The van der Waals surface area contributed by atoms with Crippen molar-refractivity contribution in [2.45, 2.75) is 6.42 Å². The van der Waals surface area contributed by atoms with Crippen molar-refractivity contribution in [2.24, 2.45) is 5.10 Å². The minimum Gasteiger partial charge on any atom is -0.480 e. The van der Waals surface area contributed by atoms with Crippen molar-refractivity contribution >= 4 is 50.0 Å². The molecule has 1 N–H and O–H groups in total. The van der Waals surface area contributed by atoms with Gasteiger partial charge in [-0.25, -0.2) is 14.6 Å². The van der Waals surface area contributed by atoms with Crippen LogP contribution in [0.2, 0.25) is 0 Å². The molecule has 0 unspecified atom stereocenters. The van der Waals surface area contributed by atoms with E-state index in [0.29, 0.717) is 25.8 Å². The summed E-state index contributed by atoms with van der Waals surface area (Å²) in [6, 6.07) is 9.11. The molecular formula is C18H15Br2FN2O4. The zero-order valence-electron chi connectivity index (χ0n) is 14.2. The van der Waals surface area contributed by atoms with Gasteiger partial charge in [-0.2, -0.15) is 5.10 Å². The Bertz CT molecular complexity index is 834. The van der Waals surface area contributed by atoms with E-state index in [-0.39, 0.29) is 24.8 Å². The molecule has 0 aromatic heterocycles. The SMILES string of the molecule is COC(=O)COc1c(Br)cc(/C=N/NC(=O)Cc2ccc(F)cc2)cc1Br. The van der Waals surface area contributed by atoms with Crippen molar-refractivity contribution in [3.8, 4) is 5.75 Å². The molecule has 0 bridgehead atoms. The third-order valence-corrected chi connectivity index (χ3v) is 4.44. The molecule has 0 spiro atoms. The van der Waals surface area contributed by atoms with Gasteiger partial charge in [0.2, 0.25) is 5.91 Å². The van der Waals surface area contributed by atoms with Crippen LogP contribution in [-0.2, 0) is 20.7 Å². The van der Waals surface area contributed by atoms with Gasteiger partial charge in [-0.05, 0) is 67.3 Å². The number of carbonyl (C=O) groups excluding carboxylic acids is 2. The molecule has 2 rings (SSSR count). The lowest BCUT2D eigenvalue weighted by Crippen LogP contribution is -2.19. The number of rotatable bonds is 7. The van der Waals surface area contributed by atoms with E-state index >= 15 is 0 Å². The smallest absolute Gasteiger partial charge is 0.343 e. The molecule has 0 aliphatic rings. The van der Waals surface area contributed by atoms with Crippen LogP contribution in [-0.4, -0.2) is 31.8 Å². The summed E-state index contributed by atoms with van der Waals surface area (Å²) in [4.78, 5) is 23.0. The van der Waals surface area contributed by atoms with Crippen molar-refractivity contribution in [1.82, 2.24) is 5.43 Å². The molecule has 2 aromatic carbocycles. The molecule has 9 heteroatoms. The van der Waals surface area contributed by atoms with Crippen LogP contribution in [0.3, 0.4) is 0 Å². The molecular weight excluding hydrogens is 487 g/mol. The Morgan fingerprint density at radius 1 is 1.19 bits per heavy atom. The van der Waals surface area contributed by atoms with E-state index in [1.165, 1.54) is 25.5 Å². The minimum absolute atomic E-state index is 0.0886. The Balaban J connectivity index is 1.95. The Hall–Kier alpha value is -2.26. The van der Waals surface area contributed by atoms with Crippen LogP contribution in [0.25, 0.3) is 0 Å². The molecule has 0 heterocycles. The third-order valence-electron chi connectivity index (χ3n) is 3.26. The predicted molar refractivity (Wildman–Crippen MR) is 105 cm³/mol. The first-order valence-corrected chi connectivity index (χ1v) is 9.22. The van der Waals surface area contributed by atoms with Crippen molar-refractivity contribution in [1.29, 1.82) is 0 Å². The van der Waals surface area contributed by atoms with Gasteiger partial charge in [0, 0.05) is 0 Å². The molecule has 2 aromatic rings. The van der Waals surface area contributed by atoms with E-state index < -0.39 is 5.97 Å². The average molecular weight is 502 g/mol. The number of ether oxygens (including phenoxy) is 2. The molecule has 27 heavy (non-hydrogen) atoms. The normalized spacial score (nSPS) is 10.7. The number of hydrogen-bond donors (Lipinski definition) is 1. The van der Waals surface area contributed by atoms with Gasteiger partial charge in [0.05, 0.1) is 28.7 Å². The fourth-order valence-corrected chi connectivity index (χ4v) is 3.44. The van der Waals surface area contributed by atoms with Crippen LogP contribution in [0, 0.1) is 5.82 Å². The summed E-state index contributed by atoms with van der Waals surface area (Å²) in [7, 11) is 1.28. The summed E-state index contributed by atoms with van der Waals surface area (Å²) in [5.41, 5.74) is 3.77. The molecule has 0 aliphatic carbocycles. The van der Waals surface area contributed by atoms with E-state index in [1.807, 2.05) is 0 Å². The summed E-state index contributed by atoms with van der Waals surface area (Å²) in [6.07, 6.45) is 1.55. The van der Waals surface area contributed by atoms with E-state index in [0.717, 1.165) is 0 Å². The number of benzene rings is 2. The Morgan fingerprint density at radius 2 is 1.81 bits per heavy atom. The first-order chi connectivity index (χ1) is 12.9. The van der Waals surface area contributed by atoms with Crippen LogP contribution in [0.1, 0.15) is 11.1 Å². The van der Waals surface area contributed by atoms with Gasteiger partial charge < -0.3 is 9.47 Å². The number of methoxy groups -OCH3 is 1. The molecule has 0 saturated carbocycles. The molecule has 142 valence electrons. The number of nitrogens with one attached hydrogen (secondary N) is 1. The molecule has 0 aliphatic heterocycles. The Morgan fingerprint density at radius 3 is 2.41 bits per heavy atom. The number of amides is 1. The molecule has 0 radical (unpaired) electrons. The minimum atomic E-state index is -0.497. The van der Waals surface area contributed by atoms with E-state index in [1.54, 1.807) is 24.3 Å². The number of hydrogen-bond acceptors (Lipinski definition) is 5. The Labute approximate surface area is 172 Å². The fraction of sp³-hybridized carbons (Fsp3) is 0.167. The average Bonchev–Trinajstić information content (AvgIpc) is 2.62. The lowest BCUT2D eigenvalue weighted by Gasteiger charge is -2.10. The second kappa shape index (κ2) is 10.2. The zero-order chi connectivity index (χ0) is 19.8. The molecule has 0 atom stereocenters. The van der Waals surface area contributed by atoms with Crippen molar-refractivity contribution < 1.29 is 23.5 Å². The highest BCUT2D eigenvalue weighted by Crippen LogP contribution is 2.34. The maximum atomic E-state index is 12.9. The molecule has 6 nitrogen and oxygen atoms in total. The predicted octanol–water partition coefficient (Wildman–Crippen LogP) is 3.60. The highest BCUT2D eigenvalue weighted by Gasteiger charge is 2.11. The summed E-state index contributed by atoms with van der Waals surface area (Å²) in [6.45, 7) is -0.222. The van der Waals surface area contributed by atoms with Gasteiger partial charge in [-0.15, -0.1) is 0 Å². The highest BCUT2D eigenvalue weighted by molar-refractivity contribution is 9.11. The van der Waals surface area contributed by atoms with Crippen LogP contribution in [0.15, 0.2) is 50.4 Å². The number of nitrogens with zero attached hydrogens (tertiary/aromatic N) is 1. The lowest BCUT2D eigenvalue weighted by molar-refractivity contribution is -0.142. The van der Waals surface area contributed by atoms with Gasteiger partial charge in [0.15, 0.2) is 6.61 Å². The first-order valence-electron chi connectivity index (χ1n) is 7.64. The number of carbonyl (C=O) groups is 2. The maximum absolute atomic E-state index is 12.9. The van der Waals surface area contributed by atoms with Gasteiger partial charge in [0.25, 0.3) is 0 Å². The van der Waals surface area contributed by atoms with E-state index in [4.69, 9.17) is 4.74 Å². The monoisotopic (exact) mass is 500 g/mol. The Kier molecular flexibility index (Phi) is 7.93. The lowest BCUT2D eigenvalue weighted by atomic mass is 10.1. The second-order valence-electron chi connectivity index (χ2n) is 5.27. The van der Waals surface area contributed by atoms with Crippen LogP contribution in [0.4, 0.5) is 4.39 Å². The van der Waals surface area contributed by atoms with Gasteiger partial charge in [0.1, 0.15) is 11.6 Å². The topological polar surface area (TPSA) is 77.0 Å². The van der Waals surface area contributed by atoms with Gasteiger partial charge >= 0.3 is 5.97 Å². The van der Waals surface area contributed by atoms with Crippen molar-refractivity contribution in [2.75, 3.05) is 13.7 Å². The maximum Gasteiger partial charge on any atom is 0.343 e. The van der Waals surface area contributed by atoms with Crippen molar-refractivity contribution in [3.63, 3.8) is 0 Å². The quantitative estimate of drug-likeness (QED) is 0.357. The zero-order valence-corrected chi connectivity index (χ0v) is 17.3. The van der Waals surface area contributed by atoms with Crippen LogP contribution in [0.5, 0.6) is 5.75 Å². The van der Waals surface area contributed by atoms with Crippen LogP contribution < -0.4 is 10.2 Å². The highest BCUT2D eigenvalue weighted by atomic mass is 79.9.